The average molecular weight is 394 g/mol. The van der Waals surface area contributed by atoms with Gasteiger partial charge in [0, 0.05) is 17.3 Å². The molecule has 27 heavy (non-hydrogen) atoms. The Labute approximate surface area is 165 Å². The van der Waals surface area contributed by atoms with Crippen molar-refractivity contribution in [1.29, 1.82) is 0 Å². The van der Waals surface area contributed by atoms with Crippen molar-refractivity contribution in [3.05, 3.63) is 0 Å². The normalized spacial score (nSPS) is 56.6. The first-order valence-corrected chi connectivity index (χ1v) is 11.3. The van der Waals surface area contributed by atoms with Crippen LogP contribution in [-0.4, -0.2) is 50.8 Å². The maximum Gasteiger partial charge on any atom is 0.246 e. The van der Waals surface area contributed by atoms with Crippen LogP contribution in [0.4, 0.5) is 0 Å². The first-order chi connectivity index (χ1) is 12.7. The first kappa shape index (κ1) is 18.4. The molecule has 2 bridgehead atoms. The summed E-state index contributed by atoms with van der Waals surface area (Å²) in [6.07, 6.45) is 5.41. The van der Waals surface area contributed by atoms with Crippen molar-refractivity contribution in [2.24, 2.45) is 27.7 Å². The monoisotopic (exact) mass is 393 g/mol. The molecule has 150 valence electrons. The predicted molar refractivity (Wildman–Crippen MR) is 105 cm³/mol. The number of fused-ring (bicyclic) bond motifs is 2. The zero-order valence-electron chi connectivity index (χ0n) is 16.5. The molecule has 5 rings (SSSR count). The molecule has 1 aliphatic heterocycles. The van der Waals surface area contributed by atoms with Gasteiger partial charge in [0.2, 0.25) is 5.23 Å². The minimum atomic E-state index is -0.559. The lowest BCUT2D eigenvalue weighted by molar-refractivity contribution is -0.166. The van der Waals surface area contributed by atoms with Gasteiger partial charge >= 0.3 is 0 Å². The summed E-state index contributed by atoms with van der Waals surface area (Å²) in [6, 6.07) is 0. The zero-order chi connectivity index (χ0) is 19.2. The lowest BCUT2D eigenvalue weighted by Crippen LogP contribution is -2.76. The van der Waals surface area contributed by atoms with E-state index in [1.54, 1.807) is 18.9 Å². The summed E-state index contributed by atoms with van der Waals surface area (Å²) >= 11 is 1.64. The summed E-state index contributed by atoms with van der Waals surface area (Å²) < 4.78 is 5.27. The van der Waals surface area contributed by atoms with Crippen molar-refractivity contribution in [2.75, 3.05) is 7.11 Å². The van der Waals surface area contributed by atoms with Crippen LogP contribution in [0, 0.1) is 22.7 Å². The molecule has 6 heteroatoms. The average Bonchev–Trinajstić information content (AvgIpc) is 2.89. The van der Waals surface area contributed by atoms with Crippen molar-refractivity contribution >= 4 is 22.8 Å². The van der Waals surface area contributed by atoms with E-state index in [1.165, 1.54) is 0 Å². The zero-order valence-corrected chi connectivity index (χ0v) is 17.3. The van der Waals surface area contributed by atoms with Gasteiger partial charge in [-0.2, -0.15) is 0 Å². The third-order valence-corrected chi connectivity index (χ3v) is 11.1. The third kappa shape index (κ3) is 1.95. The van der Waals surface area contributed by atoms with E-state index in [4.69, 9.17) is 9.73 Å². The number of ether oxygens (including phenoxy) is 1. The Morgan fingerprint density at radius 2 is 1.89 bits per heavy atom. The molecule has 0 radical (unpaired) electrons. The topological polar surface area (TPSA) is 79.1 Å². The molecule has 5 aliphatic rings. The van der Waals surface area contributed by atoms with E-state index in [0.717, 1.165) is 32.1 Å². The molecule has 0 aromatic rings. The number of Topliss-reactive ketones (excluding diaryl/α,β-unsaturated/α-hetero) is 1. The molecule has 0 aromatic heterocycles. The van der Waals surface area contributed by atoms with Gasteiger partial charge in [-0.05, 0) is 56.8 Å². The molecular weight excluding hydrogens is 362 g/mol. The molecule has 0 saturated heterocycles. The SMILES string of the molecule is COC1=NC23CCC4C5CCC(=O)C5(C)CC(O)C4(S1)C2(C)CCC(O)C3. The Morgan fingerprint density at radius 3 is 2.63 bits per heavy atom. The van der Waals surface area contributed by atoms with Crippen LogP contribution < -0.4 is 0 Å². The highest BCUT2D eigenvalue weighted by atomic mass is 32.2. The summed E-state index contributed by atoms with van der Waals surface area (Å²) in [5, 5.41) is 22.8. The van der Waals surface area contributed by atoms with Crippen LogP contribution in [0.5, 0.6) is 0 Å². The second-order valence-electron chi connectivity index (χ2n) is 10.1. The number of carbonyl (C=O) groups is 1. The number of aliphatic hydroxyl groups excluding tert-OH is 2. The highest BCUT2D eigenvalue weighted by Crippen LogP contribution is 2.74. The van der Waals surface area contributed by atoms with Crippen LogP contribution in [0.2, 0.25) is 0 Å². The minimum Gasteiger partial charge on any atom is -0.476 e. The lowest BCUT2D eigenvalue weighted by atomic mass is 9.41. The van der Waals surface area contributed by atoms with Gasteiger partial charge in [0.25, 0.3) is 0 Å². The molecule has 4 saturated carbocycles. The molecule has 0 amide bonds. The lowest BCUT2D eigenvalue weighted by Gasteiger charge is -2.71. The van der Waals surface area contributed by atoms with Gasteiger partial charge in [-0.25, -0.2) is 4.99 Å². The fourth-order valence-corrected chi connectivity index (χ4v) is 9.71. The van der Waals surface area contributed by atoms with Crippen molar-refractivity contribution in [3.8, 4) is 0 Å². The number of carbonyl (C=O) groups excluding carboxylic acids is 1. The summed E-state index contributed by atoms with van der Waals surface area (Å²) in [5.74, 6) is 0.958. The van der Waals surface area contributed by atoms with Crippen LogP contribution >= 0.6 is 11.8 Å². The Hall–Kier alpha value is -0.590. The Morgan fingerprint density at radius 1 is 1.11 bits per heavy atom. The van der Waals surface area contributed by atoms with E-state index in [0.29, 0.717) is 36.2 Å². The summed E-state index contributed by atoms with van der Waals surface area (Å²) in [7, 11) is 1.66. The smallest absolute Gasteiger partial charge is 0.246 e. The number of thioether (sulfide) groups is 1. The van der Waals surface area contributed by atoms with Crippen LogP contribution in [0.1, 0.15) is 65.2 Å². The minimum absolute atomic E-state index is 0.193. The van der Waals surface area contributed by atoms with Gasteiger partial charge in [0.05, 0.1) is 29.6 Å². The van der Waals surface area contributed by atoms with E-state index in [-0.39, 0.29) is 33.1 Å². The standard InChI is InChI=1S/C21H31NO4S/c1-18-11-16(25)21-14(13(18)4-5-15(18)24)7-9-20(22-17(26-3)27-21)10-12(23)6-8-19(20,21)2/h12-14,16,23,25H,4-11H2,1-3H3. The molecule has 2 N–H and O–H groups in total. The van der Waals surface area contributed by atoms with Crippen molar-refractivity contribution < 1.29 is 19.7 Å². The van der Waals surface area contributed by atoms with Gasteiger partial charge < -0.3 is 14.9 Å². The van der Waals surface area contributed by atoms with Crippen molar-refractivity contribution in [2.45, 2.75) is 87.7 Å². The van der Waals surface area contributed by atoms with E-state index in [9.17, 15) is 15.0 Å². The number of hydrogen-bond acceptors (Lipinski definition) is 6. The number of hydrogen-bond donors (Lipinski definition) is 2. The maximum absolute atomic E-state index is 12.7. The fourth-order valence-electron chi connectivity index (χ4n) is 7.95. The molecule has 0 aromatic carbocycles. The number of aliphatic imine (C=N–C) groups is 1. The number of nitrogens with zero attached hydrogens (tertiary/aromatic N) is 1. The summed E-state index contributed by atoms with van der Waals surface area (Å²) in [5.41, 5.74) is -0.946. The summed E-state index contributed by atoms with van der Waals surface area (Å²) in [6.45, 7) is 4.40. The first-order valence-electron chi connectivity index (χ1n) is 10.4. The molecule has 4 aliphatic carbocycles. The van der Waals surface area contributed by atoms with E-state index < -0.39 is 6.10 Å². The van der Waals surface area contributed by atoms with E-state index in [2.05, 4.69) is 13.8 Å². The molecule has 1 spiro atoms. The fraction of sp³-hybridized carbons (Fsp3) is 0.905. The van der Waals surface area contributed by atoms with Gasteiger partial charge in [0.1, 0.15) is 5.78 Å². The maximum atomic E-state index is 12.7. The van der Waals surface area contributed by atoms with Gasteiger partial charge in [-0.3, -0.25) is 4.79 Å². The Kier molecular flexibility index (Phi) is 3.76. The van der Waals surface area contributed by atoms with E-state index >= 15 is 0 Å². The quantitative estimate of drug-likeness (QED) is 0.662. The Bertz CT molecular complexity index is 727. The molecular formula is C21H31NO4S. The summed E-state index contributed by atoms with van der Waals surface area (Å²) in [4.78, 5) is 17.8. The van der Waals surface area contributed by atoms with Crippen molar-refractivity contribution in [3.63, 3.8) is 0 Å². The number of ketones is 1. The van der Waals surface area contributed by atoms with Crippen LogP contribution in [-0.2, 0) is 9.53 Å². The van der Waals surface area contributed by atoms with Gasteiger partial charge in [-0.15, -0.1) is 0 Å². The highest BCUT2D eigenvalue weighted by molar-refractivity contribution is 8.14. The predicted octanol–water partition coefficient (Wildman–Crippen LogP) is 2.92. The molecule has 8 unspecified atom stereocenters. The second-order valence-corrected chi connectivity index (χ2v) is 11.3. The molecule has 1 heterocycles. The van der Waals surface area contributed by atoms with E-state index in [1.807, 2.05) is 0 Å². The van der Waals surface area contributed by atoms with Crippen LogP contribution in [0.15, 0.2) is 4.99 Å². The molecule has 8 atom stereocenters. The van der Waals surface area contributed by atoms with Crippen LogP contribution in [0.3, 0.4) is 0 Å². The molecule has 4 fully saturated rings. The highest BCUT2D eigenvalue weighted by Gasteiger charge is 2.76. The second kappa shape index (κ2) is 5.51. The largest absolute Gasteiger partial charge is 0.476 e. The van der Waals surface area contributed by atoms with Crippen molar-refractivity contribution in [1.82, 2.24) is 0 Å². The Balaban J connectivity index is 1.70. The van der Waals surface area contributed by atoms with Gasteiger partial charge in [0.15, 0.2) is 0 Å². The van der Waals surface area contributed by atoms with Gasteiger partial charge in [-0.1, -0.05) is 25.6 Å². The third-order valence-electron chi connectivity index (χ3n) is 9.33. The number of methoxy groups -OCH3 is 1. The number of aliphatic hydroxyl groups is 2. The molecule has 5 nitrogen and oxygen atoms in total. The number of rotatable bonds is 0. The van der Waals surface area contributed by atoms with Crippen LogP contribution in [0.25, 0.3) is 0 Å².